The molecule has 184 valence electrons. The average molecular weight is 479 g/mol. The number of hydrogen-bond acceptors (Lipinski definition) is 6. The van der Waals surface area contributed by atoms with Crippen molar-refractivity contribution in [1.29, 1.82) is 0 Å². The molecule has 5 rings (SSSR count). The number of fused-ring (bicyclic) bond motifs is 1. The summed E-state index contributed by atoms with van der Waals surface area (Å²) in [5.41, 5.74) is -0.451. The van der Waals surface area contributed by atoms with E-state index in [1.807, 2.05) is 0 Å². The highest BCUT2D eigenvalue weighted by Gasteiger charge is 2.40. The average Bonchev–Trinajstić information content (AvgIpc) is 3.64. The van der Waals surface area contributed by atoms with E-state index in [9.17, 15) is 23.1 Å². The van der Waals surface area contributed by atoms with E-state index in [1.165, 1.54) is 12.4 Å². The first-order chi connectivity index (χ1) is 16.6. The number of nitrogens with one attached hydrogen (secondary N) is 2. The van der Waals surface area contributed by atoms with Gasteiger partial charge in [-0.15, -0.1) is 0 Å². The topological polar surface area (TPSA) is 90.4 Å². The van der Waals surface area contributed by atoms with Crippen molar-refractivity contribution in [3.63, 3.8) is 0 Å². The number of aliphatic hydroxyl groups excluding tert-OH is 1. The van der Waals surface area contributed by atoms with Crippen LogP contribution < -0.4 is 10.6 Å². The smallest absolute Gasteiger partial charge is 0.393 e. The van der Waals surface area contributed by atoms with Gasteiger partial charge < -0.3 is 15.7 Å². The lowest BCUT2D eigenvalue weighted by atomic mass is 9.80. The molecule has 2 aliphatic carbocycles. The maximum absolute atomic E-state index is 13.1. The third-order valence-corrected chi connectivity index (χ3v) is 7.27. The van der Waals surface area contributed by atoms with Gasteiger partial charge in [-0.2, -0.15) is 13.2 Å². The number of aromatic nitrogens is 2. The Labute approximate surface area is 197 Å². The molecule has 1 amide bonds. The standard InChI is InChI=1S/C24H30F3N5O2/c25-24(26,27)16-5-8-20-19(9-16)23(30-13-29-20)28-10-21(33)31-17-11-32(12-17)18-6-3-15(4-7-18)22(34)14-1-2-14/h5,8-9,13-15,17-18,22,34H,1-4,6-7,10-12H2,(H,31,33)(H,28,29,30)/t15?,18?,22-/m1/s1/i18D. The minimum absolute atomic E-state index is 0.0692. The molecular formula is C24H30F3N5O2. The molecule has 1 aromatic carbocycles. The Hall–Kier alpha value is -2.46. The molecule has 1 aliphatic heterocycles. The van der Waals surface area contributed by atoms with E-state index in [4.69, 9.17) is 1.37 Å². The van der Waals surface area contributed by atoms with E-state index < -0.39 is 17.8 Å². The number of carbonyl (C=O) groups is 1. The predicted octanol–water partition coefficient (Wildman–Crippen LogP) is 3.19. The van der Waals surface area contributed by atoms with E-state index in [2.05, 4.69) is 25.5 Å². The van der Waals surface area contributed by atoms with Crippen LogP contribution in [-0.4, -0.2) is 63.7 Å². The van der Waals surface area contributed by atoms with E-state index in [0.717, 1.165) is 50.7 Å². The molecule has 2 saturated carbocycles. The number of nitrogens with zero attached hydrogens (tertiary/aromatic N) is 3. The lowest BCUT2D eigenvalue weighted by Gasteiger charge is -2.47. The van der Waals surface area contributed by atoms with Crippen LogP contribution in [0.4, 0.5) is 19.0 Å². The summed E-state index contributed by atoms with van der Waals surface area (Å²) in [7, 11) is 0. The fraction of sp³-hybridized carbons (Fsp3) is 0.625. The summed E-state index contributed by atoms with van der Waals surface area (Å²) < 4.78 is 48.1. The van der Waals surface area contributed by atoms with Crippen LogP contribution in [0.15, 0.2) is 24.5 Å². The summed E-state index contributed by atoms with van der Waals surface area (Å²) in [5, 5.41) is 16.3. The van der Waals surface area contributed by atoms with Gasteiger partial charge in [0, 0.05) is 25.9 Å². The zero-order valence-corrected chi connectivity index (χ0v) is 18.8. The summed E-state index contributed by atoms with van der Waals surface area (Å²) in [6.45, 7) is 1.05. The summed E-state index contributed by atoms with van der Waals surface area (Å²) in [5.74, 6) is 0.641. The van der Waals surface area contributed by atoms with Crippen molar-refractivity contribution in [2.24, 2.45) is 11.8 Å². The number of benzene rings is 1. The molecule has 0 unspecified atom stereocenters. The molecule has 2 aromatic rings. The maximum atomic E-state index is 13.1. The number of halogens is 3. The van der Waals surface area contributed by atoms with Crippen LogP contribution in [-0.2, 0) is 11.0 Å². The predicted molar refractivity (Wildman–Crippen MR) is 121 cm³/mol. The zero-order valence-electron chi connectivity index (χ0n) is 19.8. The number of carbonyl (C=O) groups excluding carboxylic acids is 1. The zero-order chi connectivity index (χ0) is 24.8. The molecule has 1 saturated heterocycles. The first-order valence-electron chi connectivity index (χ1n) is 12.4. The van der Waals surface area contributed by atoms with Gasteiger partial charge in [0.15, 0.2) is 0 Å². The maximum Gasteiger partial charge on any atom is 0.416 e. The van der Waals surface area contributed by atoms with E-state index in [1.54, 1.807) is 0 Å². The molecule has 1 atom stereocenters. The van der Waals surface area contributed by atoms with Crippen LogP contribution in [0.25, 0.3) is 10.9 Å². The molecule has 7 nitrogen and oxygen atoms in total. The molecule has 0 radical (unpaired) electrons. The summed E-state index contributed by atoms with van der Waals surface area (Å²) in [6.07, 6.45) is 1.95. The molecule has 2 heterocycles. The Balaban J connectivity index is 1.10. The molecule has 1 aromatic heterocycles. The fourth-order valence-electron chi connectivity index (χ4n) is 5.10. The van der Waals surface area contributed by atoms with Crippen LogP contribution in [0.3, 0.4) is 0 Å². The molecule has 3 fully saturated rings. The molecule has 3 N–H and O–H groups in total. The van der Waals surface area contributed by atoms with Crippen molar-refractivity contribution in [3.05, 3.63) is 30.1 Å². The number of hydrogen-bond donors (Lipinski definition) is 3. The van der Waals surface area contributed by atoms with Gasteiger partial charge in [0.2, 0.25) is 5.91 Å². The third-order valence-electron chi connectivity index (χ3n) is 7.27. The van der Waals surface area contributed by atoms with Crippen LogP contribution in [0.2, 0.25) is 0 Å². The Bertz CT molecular complexity index is 1080. The first kappa shape index (κ1) is 22.0. The molecule has 34 heavy (non-hydrogen) atoms. The molecule has 3 aliphatic rings. The third kappa shape index (κ3) is 5.12. The summed E-state index contributed by atoms with van der Waals surface area (Å²) in [4.78, 5) is 22.5. The van der Waals surface area contributed by atoms with E-state index in [-0.39, 0.29) is 35.8 Å². The Morgan fingerprint density at radius 2 is 1.82 bits per heavy atom. The number of alkyl halides is 3. The van der Waals surface area contributed by atoms with Gasteiger partial charge in [-0.3, -0.25) is 9.69 Å². The number of aliphatic hydroxyl groups is 1. The minimum Gasteiger partial charge on any atom is -0.393 e. The van der Waals surface area contributed by atoms with Crippen LogP contribution >= 0.6 is 0 Å². The SMILES string of the molecule is [2H]C1(N2CC(NC(=O)CNc3ncnc4ccc(C(F)(F)F)cc34)C2)CCC([C@H](O)C2CC2)CC1. The van der Waals surface area contributed by atoms with Gasteiger partial charge in [0.25, 0.3) is 0 Å². The Morgan fingerprint density at radius 3 is 2.47 bits per heavy atom. The molecular weight excluding hydrogens is 447 g/mol. The van der Waals surface area contributed by atoms with Crippen molar-refractivity contribution in [1.82, 2.24) is 20.2 Å². The number of anilines is 1. The number of rotatable bonds is 7. The normalized spacial score (nSPS) is 27.6. The highest BCUT2D eigenvalue weighted by atomic mass is 19.4. The van der Waals surface area contributed by atoms with Crippen molar-refractivity contribution in [2.45, 2.75) is 62.9 Å². The van der Waals surface area contributed by atoms with Crippen LogP contribution in [0.1, 0.15) is 45.5 Å². The fourth-order valence-corrected chi connectivity index (χ4v) is 5.10. The van der Waals surface area contributed by atoms with Gasteiger partial charge in [-0.05, 0) is 68.6 Å². The quantitative estimate of drug-likeness (QED) is 0.566. The van der Waals surface area contributed by atoms with Crippen molar-refractivity contribution >= 4 is 22.6 Å². The number of likely N-dealkylation sites (tertiary alicyclic amines) is 1. The summed E-state index contributed by atoms with van der Waals surface area (Å²) in [6, 6.07) is 2.51. The van der Waals surface area contributed by atoms with Crippen molar-refractivity contribution < 1.29 is 24.4 Å². The highest BCUT2D eigenvalue weighted by molar-refractivity contribution is 5.91. The van der Waals surface area contributed by atoms with E-state index >= 15 is 0 Å². The van der Waals surface area contributed by atoms with Gasteiger partial charge in [0.05, 0.1) is 29.8 Å². The van der Waals surface area contributed by atoms with Gasteiger partial charge >= 0.3 is 6.18 Å². The first-order valence-corrected chi connectivity index (χ1v) is 11.9. The highest BCUT2D eigenvalue weighted by Crippen LogP contribution is 2.41. The second-order valence-corrected chi connectivity index (χ2v) is 9.71. The van der Waals surface area contributed by atoms with E-state index in [0.29, 0.717) is 30.4 Å². The summed E-state index contributed by atoms with van der Waals surface area (Å²) >= 11 is 0. The lowest BCUT2D eigenvalue weighted by Crippen LogP contribution is -2.63. The van der Waals surface area contributed by atoms with Crippen molar-refractivity contribution in [2.75, 3.05) is 25.0 Å². The van der Waals surface area contributed by atoms with Crippen molar-refractivity contribution in [3.8, 4) is 0 Å². The van der Waals surface area contributed by atoms with Gasteiger partial charge in [0.1, 0.15) is 12.1 Å². The molecule has 0 bridgehead atoms. The van der Waals surface area contributed by atoms with Crippen LogP contribution in [0.5, 0.6) is 0 Å². The largest absolute Gasteiger partial charge is 0.416 e. The number of amides is 1. The minimum atomic E-state index is -4.49. The van der Waals surface area contributed by atoms with Gasteiger partial charge in [-0.25, -0.2) is 9.97 Å². The Kier molecular flexibility index (Phi) is 6.02. The lowest BCUT2D eigenvalue weighted by molar-refractivity contribution is -0.137. The van der Waals surface area contributed by atoms with Crippen LogP contribution in [0, 0.1) is 11.8 Å². The second-order valence-electron chi connectivity index (χ2n) is 9.71. The monoisotopic (exact) mass is 478 g/mol. The van der Waals surface area contributed by atoms with Gasteiger partial charge in [-0.1, -0.05) is 0 Å². The Morgan fingerprint density at radius 1 is 1.15 bits per heavy atom. The molecule has 0 spiro atoms. The molecule has 10 heteroatoms. The second kappa shape index (κ2) is 9.30.